The van der Waals surface area contributed by atoms with Crippen molar-refractivity contribution in [2.45, 2.75) is 46.6 Å². The van der Waals surface area contributed by atoms with Gasteiger partial charge in [-0.1, -0.05) is 20.8 Å². The zero-order chi connectivity index (χ0) is 13.6. The van der Waals surface area contributed by atoms with Crippen molar-refractivity contribution in [2.75, 3.05) is 39.9 Å². The first-order valence-corrected chi connectivity index (χ1v) is 7.39. The van der Waals surface area contributed by atoms with Gasteiger partial charge in [0.2, 0.25) is 0 Å². The molecule has 0 radical (unpaired) electrons. The summed E-state index contributed by atoms with van der Waals surface area (Å²) < 4.78 is 5.05. The molecule has 18 heavy (non-hydrogen) atoms. The van der Waals surface area contributed by atoms with Crippen LogP contribution < -0.4 is 5.32 Å². The van der Waals surface area contributed by atoms with Crippen molar-refractivity contribution in [3.8, 4) is 0 Å². The molecule has 2 atom stereocenters. The fraction of sp³-hybridized carbons (Fsp3) is 1.00. The zero-order valence-electron chi connectivity index (χ0n) is 13.0. The fourth-order valence-electron chi connectivity index (χ4n) is 2.68. The largest absolute Gasteiger partial charge is 0.385 e. The van der Waals surface area contributed by atoms with Crippen LogP contribution in [0.15, 0.2) is 0 Å². The van der Waals surface area contributed by atoms with E-state index in [2.05, 4.69) is 37.9 Å². The summed E-state index contributed by atoms with van der Waals surface area (Å²) in [7, 11) is 1.76. The van der Waals surface area contributed by atoms with E-state index >= 15 is 0 Å². The Balaban J connectivity index is 2.17. The van der Waals surface area contributed by atoms with Crippen LogP contribution >= 0.6 is 0 Å². The number of ether oxygens (including phenoxy) is 1. The van der Waals surface area contributed by atoms with Gasteiger partial charge in [-0.05, 0) is 44.2 Å². The quantitative estimate of drug-likeness (QED) is 0.708. The second-order valence-electron chi connectivity index (χ2n) is 6.75. The second kappa shape index (κ2) is 7.46. The topological polar surface area (TPSA) is 24.5 Å². The van der Waals surface area contributed by atoms with E-state index in [1.165, 1.54) is 19.5 Å². The predicted molar refractivity (Wildman–Crippen MR) is 78.0 cm³/mol. The van der Waals surface area contributed by atoms with E-state index in [-0.39, 0.29) is 0 Å². The van der Waals surface area contributed by atoms with Gasteiger partial charge in [-0.15, -0.1) is 0 Å². The molecule has 1 aliphatic rings. The van der Waals surface area contributed by atoms with Gasteiger partial charge in [0, 0.05) is 32.8 Å². The SMILES string of the molecule is COCCCNCC(C)N1CCC(C(C)(C)C)C1. The number of methoxy groups -OCH3 is 1. The Labute approximate surface area is 113 Å². The molecule has 0 aromatic heterocycles. The number of nitrogens with zero attached hydrogens (tertiary/aromatic N) is 1. The summed E-state index contributed by atoms with van der Waals surface area (Å²) in [5.41, 5.74) is 0.459. The lowest BCUT2D eigenvalue weighted by molar-refractivity contribution is 0.187. The van der Waals surface area contributed by atoms with Gasteiger partial charge >= 0.3 is 0 Å². The molecule has 0 saturated carbocycles. The van der Waals surface area contributed by atoms with Gasteiger partial charge < -0.3 is 10.1 Å². The van der Waals surface area contributed by atoms with E-state index in [9.17, 15) is 0 Å². The Morgan fingerprint density at radius 3 is 2.67 bits per heavy atom. The summed E-state index contributed by atoms with van der Waals surface area (Å²) in [5.74, 6) is 0.855. The lowest BCUT2D eigenvalue weighted by Gasteiger charge is -2.29. The number of hydrogen-bond acceptors (Lipinski definition) is 3. The number of hydrogen-bond donors (Lipinski definition) is 1. The van der Waals surface area contributed by atoms with Crippen LogP contribution in [0.3, 0.4) is 0 Å². The van der Waals surface area contributed by atoms with Gasteiger partial charge in [0.1, 0.15) is 0 Å². The predicted octanol–water partition coefficient (Wildman–Crippen LogP) is 2.37. The van der Waals surface area contributed by atoms with E-state index in [0.717, 1.165) is 32.0 Å². The van der Waals surface area contributed by atoms with Crippen molar-refractivity contribution in [3.63, 3.8) is 0 Å². The minimum Gasteiger partial charge on any atom is -0.385 e. The van der Waals surface area contributed by atoms with Crippen LogP contribution in [-0.4, -0.2) is 50.8 Å². The van der Waals surface area contributed by atoms with Crippen LogP contribution in [0.1, 0.15) is 40.5 Å². The van der Waals surface area contributed by atoms with Crippen molar-refractivity contribution in [1.29, 1.82) is 0 Å². The van der Waals surface area contributed by atoms with Crippen LogP contribution in [0.25, 0.3) is 0 Å². The van der Waals surface area contributed by atoms with Gasteiger partial charge in [0.25, 0.3) is 0 Å². The molecule has 0 aromatic carbocycles. The van der Waals surface area contributed by atoms with Gasteiger partial charge in [-0.3, -0.25) is 4.90 Å². The molecule has 1 heterocycles. The highest BCUT2D eigenvalue weighted by atomic mass is 16.5. The summed E-state index contributed by atoms with van der Waals surface area (Å²) in [5, 5.41) is 3.53. The lowest BCUT2D eigenvalue weighted by atomic mass is 9.80. The zero-order valence-corrected chi connectivity index (χ0v) is 13.0. The van der Waals surface area contributed by atoms with Gasteiger partial charge in [-0.25, -0.2) is 0 Å². The van der Waals surface area contributed by atoms with Crippen molar-refractivity contribution in [3.05, 3.63) is 0 Å². The van der Waals surface area contributed by atoms with Crippen LogP contribution in [0.5, 0.6) is 0 Å². The molecule has 3 nitrogen and oxygen atoms in total. The molecule has 0 aromatic rings. The van der Waals surface area contributed by atoms with Crippen LogP contribution in [0.2, 0.25) is 0 Å². The van der Waals surface area contributed by atoms with Crippen LogP contribution in [0, 0.1) is 11.3 Å². The summed E-state index contributed by atoms with van der Waals surface area (Å²) in [4.78, 5) is 2.64. The van der Waals surface area contributed by atoms with Crippen molar-refractivity contribution >= 4 is 0 Å². The number of rotatable bonds is 7. The molecule has 108 valence electrons. The molecule has 1 N–H and O–H groups in total. The van der Waals surface area contributed by atoms with E-state index in [0.29, 0.717) is 11.5 Å². The monoisotopic (exact) mass is 256 g/mol. The minimum atomic E-state index is 0.459. The molecule has 0 amide bonds. The third-order valence-corrected chi connectivity index (χ3v) is 4.21. The molecule has 3 heteroatoms. The van der Waals surface area contributed by atoms with E-state index in [4.69, 9.17) is 4.74 Å². The van der Waals surface area contributed by atoms with Crippen LogP contribution in [-0.2, 0) is 4.74 Å². The highest BCUT2D eigenvalue weighted by Crippen LogP contribution is 2.34. The Bertz CT molecular complexity index is 225. The molecule has 0 spiro atoms. The molecular weight excluding hydrogens is 224 g/mol. The highest BCUT2D eigenvalue weighted by molar-refractivity contribution is 4.86. The van der Waals surface area contributed by atoms with Gasteiger partial charge in [0.05, 0.1) is 0 Å². The normalized spacial score (nSPS) is 23.5. The Morgan fingerprint density at radius 2 is 2.11 bits per heavy atom. The molecule has 1 fully saturated rings. The van der Waals surface area contributed by atoms with Crippen molar-refractivity contribution in [1.82, 2.24) is 10.2 Å². The maximum absolute atomic E-state index is 5.05. The van der Waals surface area contributed by atoms with E-state index in [1.54, 1.807) is 7.11 Å². The maximum Gasteiger partial charge on any atom is 0.0474 e. The van der Waals surface area contributed by atoms with Gasteiger partial charge in [-0.2, -0.15) is 0 Å². The standard InChI is InChI=1S/C15H32N2O/c1-13(11-16-8-6-10-18-5)17-9-7-14(12-17)15(2,3)4/h13-14,16H,6-12H2,1-5H3. The first-order chi connectivity index (χ1) is 8.45. The number of likely N-dealkylation sites (tertiary alicyclic amines) is 1. The van der Waals surface area contributed by atoms with Gasteiger partial charge in [0.15, 0.2) is 0 Å². The molecule has 1 saturated heterocycles. The molecule has 1 rings (SSSR count). The average molecular weight is 256 g/mol. The maximum atomic E-state index is 5.05. The molecule has 2 unspecified atom stereocenters. The molecular formula is C15H32N2O. The summed E-state index contributed by atoms with van der Waals surface area (Å²) in [6.07, 6.45) is 2.46. The Morgan fingerprint density at radius 1 is 1.39 bits per heavy atom. The van der Waals surface area contributed by atoms with E-state index < -0.39 is 0 Å². The number of nitrogens with one attached hydrogen (secondary N) is 1. The highest BCUT2D eigenvalue weighted by Gasteiger charge is 2.33. The summed E-state index contributed by atoms with van der Waals surface area (Å²) >= 11 is 0. The lowest BCUT2D eigenvalue weighted by Crippen LogP contribution is -2.40. The molecule has 0 bridgehead atoms. The first kappa shape index (κ1) is 15.9. The Kier molecular flexibility index (Phi) is 6.61. The molecule has 0 aliphatic carbocycles. The summed E-state index contributed by atoms with van der Waals surface area (Å²) in [6.45, 7) is 15.0. The van der Waals surface area contributed by atoms with Crippen molar-refractivity contribution in [2.24, 2.45) is 11.3 Å². The fourth-order valence-corrected chi connectivity index (χ4v) is 2.68. The molecule has 1 aliphatic heterocycles. The minimum absolute atomic E-state index is 0.459. The van der Waals surface area contributed by atoms with Crippen molar-refractivity contribution < 1.29 is 4.74 Å². The van der Waals surface area contributed by atoms with E-state index in [1.807, 2.05) is 0 Å². The summed E-state index contributed by atoms with van der Waals surface area (Å²) in [6, 6.07) is 0.653. The van der Waals surface area contributed by atoms with Crippen LogP contribution in [0.4, 0.5) is 0 Å². The first-order valence-electron chi connectivity index (χ1n) is 7.39. The smallest absolute Gasteiger partial charge is 0.0474 e. The Hall–Kier alpha value is -0.120. The average Bonchev–Trinajstić information content (AvgIpc) is 2.77. The third kappa shape index (κ3) is 5.25. The third-order valence-electron chi connectivity index (χ3n) is 4.21. The second-order valence-corrected chi connectivity index (χ2v) is 6.75.